The average Bonchev–Trinajstić information content (AvgIpc) is 2.87. The zero-order valence-corrected chi connectivity index (χ0v) is 13.2. The largest absolute Gasteiger partial charge is 0.573 e. The highest BCUT2D eigenvalue weighted by molar-refractivity contribution is 7.99. The molecule has 0 aliphatic rings. The molecule has 0 saturated carbocycles. The van der Waals surface area contributed by atoms with Crippen LogP contribution < -0.4 is 4.74 Å². The van der Waals surface area contributed by atoms with E-state index >= 15 is 0 Å². The van der Waals surface area contributed by atoms with E-state index in [9.17, 15) is 13.2 Å². The first-order chi connectivity index (χ1) is 10.5. The molecule has 0 saturated heterocycles. The van der Waals surface area contributed by atoms with E-state index in [1.165, 1.54) is 23.9 Å². The van der Waals surface area contributed by atoms with Gasteiger partial charge in [-0.1, -0.05) is 23.9 Å². The van der Waals surface area contributed by atoms with Gasteiger partial charge in [-0.3, -0.25) is 0 Å². The summed E-state index contributed by atoms with van der Waals surface area (Å²) in [5, 5.41) is 8.31. The van der Waals surface area contributed by atoms with E-state index in [1.54, 1.807) is 23.9 Å². The highest BCUT2D eigenvalue weighted by Crippen LogP contribution is 2.24. The summed E-state index contributed by atoms with van der Waals surface area (Å²) in [5.74, 6) is 1.74. The lowest BCUT2D eigenvalue weighted by Crippen LogP contribution is -2.17. The minimum atomic E-state index is -4.66. The van der Waals surface area contributed by atoms with Gasteiger partial charge < -0.3 is 9.15 Å². The van der Waals surface area contributed by atoms with E-state index in [1.807, 2.05) is 6.26 Å². The molecular weight excluding hydrogens is 337 g/mol. The third-order valence-electron chi connectivity index (χ3n) is 2.49. The Hall–Kier alpha value is -1.35. The molecule has 0 aliphatic heterocycles. The number of aromatic nitrogens is 2. The fourth-order valence-electron chi connectivity index (χ4n) is 1.59. The molecule has 0 aliphatic carbocycles. The van der Waals surface area contributed by atoms with E-state index in [4.69, 9.17) is 4.42 Å². The smallest absolute Gasteiger partial charge is 0.415 e. The highest BCUT2D eigenvalue weighted by atomic mass is 32.2. The quantitative estimate of drug-likeness (QED) is 0.699. The fraction of sp³-hybridized carbons (Fsp3) is 0.385. The van der Waals surface area contributed by atoms with Crippen LogP contribution in [0.5, 0.6) is 5.75 Å². The number of nitrogens with zero attached hydrogens (tertiary/aromatic N) is 2. The van der Waals surface area contributed by atoms with Gasteiger partial charge in [-0.25, -0.2) is 0 Å². The first-order valence-electron chi connectivity index (χ1n) is 6.25. The molecule has 0 spiro atoms. The molecule has 2 aromatic rings. The predicted octanol–water partition coefficient (Wildman–Crippen LogP) is 4.17. The number of alkyl halides is 3. The molecule has 0 N–H and O–H groups in total. The van der Waals surface area contributed by atoms with Crippen LogP contribution in [0.25, 0.3) is 0 Å². The van der Waals surface area contributed by atoms with Crippen molar-refractivity contribution in [2.45, 2.75) is 23.8 Å². The summed E-state index contributed by atoms with van der Waals surface area (Å²) < 4.78 is 45.3. The zero-order chi connectivity index (χ0) is 16.0. The Kier molecular flexibility index (Phi) is 6.01. The van der Waals surface area contributed by atoms with Gasteiger partial charge in [0.1, 0.15) is 5.75 Å². The van der Waals surface area contributed by atoms with Crippen molar-refractivity contribution in [3.8, 4) is 5.75 Å². The van der Waals surface area contributed by atoms with Crippen molar-refractivity contribution in [3.63, 3.8) is 0 Å². The van der Waals surface area contributed by atoms with Gasteiger partial charge in [-0.2, -0.15) is 11.8 Å². The lowest BCUT2D eigenvalue weighted by atomic mass is 10.2. The molecule has 22 heavy (non-hydrogen) atoms. The Bertz CT molecular complexity index is 588. The third kappa shape index (κ3) is 5.80. The maximum absolute atomic E-state index is 12.0. The van der Waals surface area contributed by atoms with Crippen LogP contribution in [-0.4, -0.2) is 28.6 Å². The molecule has 4 nitrogen and oxygen atoms in total. The Morgan fingerprint density at radius 3 is 2.55 bits per heavy atom. The number of thioether (sulfide) groups is 2. The Labute approximate surface area is 133 Å². The van der Waals surface area contributed by atoms with Crippen molar-refractivity contribution >= 4 is 23.5 Å². The summed E-state index contributed by atoms with van der Waals surface area (Å²) in [6.07, 6.45) is -2.04. The maximum atomic E-state index is 12.0. The molecule has 9 heteroatoms. The fourth-order valence-corrected chi connectivity index (χ4v) is 2.72. The Morgan fingerprint density at radius 1 is 1.18 bits per heavy atom. The predicted molar refractivity (Wildman–Crippen MR) is 79.1 cm³/mol. The molecule has 0 amide bonds. The van der Waals surface area contributed by atoms with Crippen LogP contribution in [0.4, 0.5) is 13.2 Å². The van der Waals surface area contributed by atoms with E-state index in [2.05, 4.69) is 14.9 Å². The zero-order valence-electron chi connectivity index (χ0n) is 11.6. The van der Waals surface area contributed by atoms with Crippen molar-refractivity contribution in [1.29, 1.82) is 0 Å². The van der Waals surface area contributed by atoms with Crippen LogP contribution in [0.1, 0.15) is 11.5 Å². The number of benzene rings is 1. The number of halogens is 3. The number of hydrogen-bond donors (Lipinski definition) is 0. The van der Waals surface area contributed by atoms with Gasteiger partial charge in [0, 0.05) is 5.75 Å². The van der Waals surface area contributed by atoms with Crippen molar-refractivity contribution < 1.29 is 22.3 Å². The summed E-state index contributed by atoms with van der Waals surface area (Å²) in [5.41, 5.74) is 0.908. The van der Waals surface area contributed by atoms with Gasteiger partial charge >= 0.3 is 6.36 Å². The van der Waals surface area contributed by atoms with E-state index in [-0.39, 0.29) is 5.75 Å². The molecule has 120 valence electrons. The number of hydrogen-bond acceptors (Lipinski definition) is 6. The number of ether oxygens (including phenoxy) is 1. The van der Waals surface area contributed by atoms with Crippen LogP contribution in [-0.2, 0) is 12.2 Å². The molecule has 0 fully saturated rings. The molecule has 0 bridgehead atoms. The van der Waals surface area contributed by atoms with Crippen LogP contribution >= 0.6 is 23.5 Å². The minimum Gasteiger partial charge on any atom is -0.415 e. The SMILES string of the molecule is CSCc1nnc(SCCc2ccc(OC(F)(F)F)cc2)o1. The van der Waals surface area contributed by atoms with Crippen molar-refractivity contribution in [1.82, 2.24) is 10.2 Å². The first-order valence-corrected chi connectivity index (χ1v) is 8.63. The molecule has 1 aromatic heterocycles. The summed E-state index contributed by atoms with van der Waals surface area (Å²) in [7, 11) is 0. The normalized spacial score (nSPS) is 11.6. The molecular formula is C13H13F3N2O2S2. The highest BCUT2D eigenvalue weighted by Gasteiger charge is 2.30. The van der Waals surface area contributed by atoms with Crippen LogP contribution in [0.3, 0.4) is 0 Å². The van der Waals surface area contributed by atoms with Gasteiger partial charge in [-0.15, -0.1) is 23.4 Å². The minimum absolute atomic E-state index is 0.220. The topological polar surface area (TPSA) is 48.2 Å². The van der Waals surface area contributed by atoms with Crippen molar-refractivity contribution in [2.24, 2.45) is 0 Å². The van der Waals surface area contributed by atoms with Crippen LogP contribution in [0.15, 0.2) is 33.9 Å². The molecule has 0 atom stereocenters. The molecule has 0 radical (unpaired) electrons. The van der Waals surface area contributed by atoms with E-state index < -0.39 is 6.36 Å². The standard InChI is InChI=1S/C13H13F3N2O2S2/c1-21-8-11-17-18-12(19-11)22-7-6-9-2-4-10(5-3-9)20-13(14,15)16/h2-5H,6-8H2,1H3. The summed E-state index contributed by atoms with van der Waals surface area (Å²) >= 11 is 3.01. The first kappa shape index (κ1) is 17.0. The van der Waals surface area contributed by atoms with Gasteiger partial charge in [-0.05, 0) is 30.4 Å². The van der Waals surface area contributed by atoms with Crippen molar-refractivity contribution in [3.05, 3.63) is 35.7 Å². The van der Waals surface area contributed by atoms with Crippen molar-refractivity contribution in [2.75, 3.05) is 12.0 Å². The molecule has 1 heterocycles. The van der Waals surface area contributed by atoms with Gasteiger partial charge in [0.25, 0.3) is 5.22 Å². The Balaban J connectivity index is 1.79. The molecule has 2 rings (SSSR count). The number of rotatable bonds is 7. The van der Waals surface area contributed by atoms with Gasteiger partial charge in [0.2, 0.25) is 5.89 Å². The monoisotopic (exact) mass is 350 g/mol. The molecule has 1 aromatic carbocycles. The van der Waals surface area contributed by atoms with Gasteiger partial charge in [0.05, 0.1) is 5.75 Å². The van der Waals surface area contributed by atoms with Gasteiger partial charge in [0.15, 0.2) is 0 Å². The second-order valence-electron chi connectivity index (χ2n) is 4.18. The van der Waals surface area contributed by atoms with Crippen LogP contribution in [0, 0.1) is 0 Å². The van der Waals surface area contributed by atoms with E-state index in [0.29, 0.717) is 29.0 Å². The Morgan fingerprint density at radius 2 is 1.91 bits per heavy atom. The van der Waals surface area contributed by atoms with Crippen LogP contribution in [0.2, 0.25) is 0 Å². The molecule has 0 unspecified atom stereocenters. The second-order valence-corrected chi connectivity index (χ2v) is 6.10. The third-order valence-corrected chi connectivity index (χ3v) is 3.85. The van der Waals surface area contributed by atoms with E-state index in [0.717, 1.165) is 5.56 Å². The lowest BCUT2D eigenvalue weighted by molar-refractivity contribution is -0.274. The average molecular weight is 350 g/mol. The summed E-state index contributed by atoms with van der Waals surface area (Å²) in [4.78, 5) is 0. The number of aryl methyl sites for hydroxylation is 1. The summed E-state index contributed by atoms with van der Waals surface area (Å²) in [6.45, 7) is 0. The second kappa shape index (κ2) is 7.77. The lowest BCUT2D eigenvalue weighted by Gasteiger charge is -2.09. The summed E-state index contributed by atoms with van der Waals surface area (Å²) in [6, 6.07) is 5.82. The maximum Gasteiger partial charge on any atom is 0.573 e.